The third kappa shape index (κ3) is 27.1. The molecule has 68 heavy (non-hydrogen) atoms. The van der Waals surface area contributed by atoms with Gasteiger partial charge in [0.05, 0.1) is 92.6 Å². The van der Waals surface area contributed by atoms with E-state index in [4.69, 9.17) is 0 Å². The van der Waals surface area contributed by atoms with E-state index in [9.17, 15) is 0 Å². The molecular weight excluding hydrogens is 2270 g/mol. The van der Waals surface area contributed by atoms with Crippen LogP contribution < -0.4 is 53.0 Å². The van der Waals surface area contributed by atoms with Crippen LogP contribution >= 0.6 is 178 Å². The molecule has 2 rings (SSSR count). The van der Waals surface area contributed by atoms with Crippen molar-refractivity contribution in [1.29, 1.82) is 0 Å². The molecule has 0 spiro atoms. The molecule has 0 amide bonds. The average molecular weight is 2370 g/mol. The van der Waals surface area contributed by atoms with Crippen molar-refractivity contribution in [2.45, 2.75) is 232 Å². The molecule has 0 aliphatic heterocycles. The Balaban J connectivity index is -0.000000487. The topological polar surface area (TPSA) is 0 Å². The molecule has 0 saturated heterocycles. The van der Waals surface area contributed by atoms with E-state index < -0.39 is 29.0 Å². The number of halogens is 12. The van der Waals surface area contributed by atoms with Crippen LogP contribution in [0.15, 0.2) is 48.5 Å². The van der Waals surface area contributed by atoms with Gasteiger partial charge in [-0.1, -0.05) is 48.5 Å². The SMILES string of the molecule is CC(C)(C)[P+](C)(Cc1ccccc1C[P+](C)(C(C)(C)C)C(C)(C)C)C(C)(C)C.CC(C)(C)[P+](C)(Cc1ccccc1C[P+](C)(C(C)(C)C)C(C)(C)C)C(C)(C)C.I[I-]I.I[I-]I.I[I-]I.I[I-]I. The summed E-state index contributed by atoms with van der Waals surface area (Å²) in [5, 5.41) is 2.82. The minimum atomic E-state index is -1.22. The number of benzene rings is 2. The van der Waals surface area contributed by atoms with Gasteiger partial charge >= 0.3 is 202 Å². The van der Waals surface area contributed by atoms with Gasteiger partial charge < -0.3 is 0 Å². The fourth-order valence-electron chi connectivity index (χ4n) is 9.02. The molecule has 0 bridgehead atoms. The molecular formula is C52H100I12P4. The summed E-state index contributed by atoms with van der Waals surface area (Å²) in [6.07, 6.45) is 5.02. The van der Waals surface area contributed by atoms with Gasteiger partial charge in [-0.2, -0.15) is 0 Å². The van der Waals surface area contributed by atoms with Crippen LogP contribution in [0.2, 0.25) is 0 Å². The quantitative estimate of drug-likeness (QED) is 0.183. The zero-order valence-electron chi connectivity index (χ0n) is 47.8. The van der Waals surface area contributed by atoms with Gasteiger partial charge in [-0.25, -0.2) is 0 Å². The van der Waals surface area contributed by atoms with Crippen LogP contribution in [-0.4, -0.2) is 67.9 Å². The Labute approximate surface area is 548 Å². The summed E-state index contributed by atoms with van der Waals surface area (Å²) in [5.74, 6) is 0. The Hall–Kier alpha value is 8.92. The van der Waals surface area contributed by atoms with Crippen LogP contribution in [-0.2, 0) is 24.6 Å². The molecule has 0 N–H and O–H groups in total. The van der Waals surface area contributed by atoms with E-state index >= 15 is 0 Å². The first-order chi connectivity index (χ1) is 30.0. The van der Waals surface area contributed by atoms with Gasteiger partial charge in [0.15, 0.2) is 0 Å². The normalized spacial score (nSPS) is 13.7. The summed E-state index contributed by atoms with van der Waals surface area (Å²) in [4.78, 5) is 0. The molecule has 0 heterocycles. The fraction of sp³-hybridized carbons (Fsp3) is 0.769. The van der Waals surface area contributed by atoms with Gasteiger partial charge in [0, 0.05) is 29.0 Å². The maximum atomic E-state index is 2.62. The molecule has 0 atom stereocenters. The summed E-state index contributed by atoms with van der Waals surface area (Å²) in [5.41, 5.74) is 6.46. The molecule has 412 valence electrons. The van der Waals surface area contributed by atoms with Gasteiger partial charge in [-0.3, -0.25) is 0 Å². The predicted molar refractivity (Wildman–Crippen MR) is 389 cm³/mol. The first kappa shape index (κ1) is 83.4. The summed E-state index contributed by atoms with van der Waals surface area (Å²) < 4.78 is 0. The van der Waals surface area contributed by atoms with Crippen molar-refractivity contribution in [2.75, 3.05) is 26.7 Å². The molecule has 0 unspecified atom stereocenters. The Morgan fingerprint density at radius 1 is 0.265 bits per heavy atom. The van der Waals surface area contributed by atoms with Crippen molar-refractivity contribution in [3.63, 3.8) is 0 Å². The molecule has 0 aliphatic rings. The van der Waals surface area contributed by atoms with Crippen molar-refractivity contribution in [1.82, 2.24) is 0 Å². The van der Waals surface area contributed by atoms with Crippen molar-refractivity contribution < 1.29 is 53.0 Å². The number of rotatable bonds is 8. The molecule has 0 saturated carbocycles. The van der Waals surface area contributed by atoms with E-state index in [-0.39, 0.29) is 0 Å². The van der Waals surface area contributed by atoms with Crippen LogP contribution in [0.25, 0.3) is 0 Å². The first-order valence-electron chi connectivity index (χ1n) is 23.1. The molecule has 0 aliphatic carbocycles. The van der Waals surface area contributed by atoms with E-state index in [0.29, 0.717) is 94.3 Å². The standard InChI is InChI=1S/2C26H50P2.4I3/c2*1-23(2,3)27(13,24(4,5)6)19-21-17-15-16-18-22(21)20-28(14,25(7,8)9)26(10,11)12;4*1-3-2/h2*15-18H,19-20H2,1-14H3;;;;/q2*+2;4*-1. The van der Waals surface area contributed by atoms with Crippen LogP contribution in [0.3, 0.4) is 0 Å². The van der Waals surface area contributed by atoms with Crippen molar-refractivity contribution in [3.05, 3.63) is 70.8 Å². The molecule has 0 aromatic heterocycles. The van der Waals surface area contributed by atoms with Crippen LogP contribution in [0, 0.1) is 0 Å². The monoisotopic (exact) mass is 2370 g/mol. The second-order valence-electron chi connectivity index (χ2n) is 26.5. The van der Waals surface area contributed by atoms with E-state index in [1.54, 1.807) is 22.3 Å². The molecule has 2 aromatic rings. The molecule has 0 radical (unpaired) electrons. The van der Waals surface area contributed by atoms with Crippen molar-refractivity contribution in [2.24, 2.45) is 0 Å². The summed E-state index contributed by atoms with van der Waals surface area (Å²) in [6.45, 7) is 69.7. The third-order valence-corrected chi connectivity index (χ3v) is 43.6. The van der Waals surface area contributed by atoms with Crippen LogP contribution in [0.4, 0.5) is 0 Å². The van der Waals surface area contributed by atoms with Gasteiger partial charge in [-0.15, -0.1) is 0 Å². The second-order valence-corrected chi connectivity index (χ2v) is 113. The molecule has 2 aromatic carbocycles. The molecule has 16 heteroatoms. The van der Waals surface area contributed by atoms with Gasteiger partial charge in [0.25, 0.3) is 0 Å². The molecule has 0 nitrogen and oxygen atoms in total. The fourth-order valence-corrected chi connectivity index (χ4v) is 24.8. The average Bonchev–Trinajstić information content (AvgIpc) is 3.11. The predicted octanol–water partition coefficient (Wildman–Crippen LogP) is 13.5. The second kappa shape index (κ2) is 35.9. The summed E-state index contributed by atoms with van der Waals surface area (Å²) in [6, 6.07) is 18.8. The van der Waals surface area contributed by atoms with E-state index in [0.717, 1.165) is 0 Å². The zero-order valence-corrected chi connectivity index (χ0v) is 77.2. The minimum absolute atomic E-state index is 0.352. The Bertz CT molecular complexity index is 1360. The van der Waals surface area contributed by atoms with Crippen LogP contribution in [0.1, 0.15) is 188 Å². The Morgan fingerprint density at radius 3 is 0.426 bits per heavy atom. The van der Waals surface area contributed by atoms with Crippen LogP contribution in [0.5, 0.6) is 0 Å². The Morgan fingerprint density at radius 2 is 0.353 bits per heavy atom. The Kier molecular flexibility index (Phi) is 44.0. The number of hydrogen-bond donors (Lipinski definition) is 0. The summed E-state index contributed by atoms with van der Waals surface area (Å²) in [7, 11) is -4.88. The number of hydrogen-bond acceptors (Lipinski definition) is 0. The van der Waals surface area contributed by atoms with Gasteiger partial charge in [0.1, 0.15) is 0 Å². The zero-order chi connectivity index (χ0) is 55.6. The van der Waals surface area contributed by atoms with E-state index in [2.05, 4.69) is 390 Å². The summed E-state index contributed by atoms with van der Waals surface area (Å²) >= 11 is 21.2. The molecule has 0 fully saturated rings. The first-order valence-corrected chi connectivity index (χ1v) is 83.0. The van der Waals surface area contributed by atoms with Gasteiger partial charge in [-0.05, 0) is 188 Å². The van der Waals surface area contributed by atoms with Crippen molar-refractivity contribution >= 4 is 178 Å². The maximum absolute atomic E-state index is 2.62. The van der Waals surface area contributed by atoms with Crippen molar-refractivity contribution in [3.8, 4) is 0 Å². The van der Waals surface area contributed by atoms with E-state index in [1.165, 1.54) is 24.6 Å². The third-order valence-electron chi connectivity index (χ3n) is 16.0. The van der Waals surface area contributed by atoms with Gasteiger partial charge in [0.2, 0.25) is 0 Å². The van der Waals surface area contributed by atoms with E-state index in [1.807, 2.05) is 0 Å².